The first-order valence-electron chi connectivity index (χ1n) is 10.7. The fraction of sp³-hybridized carbons (Fsp3) is 0.652. The summed E-state index contributed by atoms with van der Waals surface area (Å²) >= 11 is 1.79. The van der Waals surface area contributed by atoms with Gasteiger partial charge >= 0.3 is 17.8 Å². The number of alkyl halides is 6. The predicted octanol–water partition coefficient (Wildman–Crippen LogP) is 7.31. The summed E-state index contributed by atoms with van der Waals surface area (Å²) in [6.07, 6.45) is -0.628. The molecule has 0 N–H and O–H groups in total. The Morgan fingerprint density at radius 1 is 0.697 bits per heavy atom. The summed E-state index contributed by atoms with van der Waals surface area (Å²) < 4.78 is 102. The van der Waals surface area contributed by atoms with Gasteiger partial charge in [-0.25, -0.2) is 0 Å². The summed E-state index contributed by atoms with van der Waals surface area (Å²) in [4.78, 5) is 0.976. The molecule has 5 aliphatic rings. The Labute approximate surface area is 196 Å². The van der Waals surface area contributed by atoms with Crippen molar-refractivity contribution in [1.82, 2.24) is 0 Å². The van der Waals surface area contributed by atoms with Crippen molar-refractivity contribution in [2.45, 2.75) is 71.5 Å². The van der Waals surface area contributed by atoms with Gasteiger partial charge in [0.05, 0.1) is 25.4 Å². The van der Waals surface area contributed by atoms with Gasteiger partial charge in [0.15, 0.2) is 0 Å². The molecule has 0 radical (unpaired) electrons. The average molecular weight is 511 g/mol. The molecular weight excluding hydrogens is 486 g/mol. The van der Waals surface area contributed by atoms with Gasteiger partial charge in [0.2, 0.25) is 0 Å². The lowest BCUT2D eigenvalue weighted by Gasteiger charge is -2.51. The lowest BCUT2D eigenvalue weighted by molar-refractivity contribution is -0.258. The molecule has 1 saturated heterocycles. The van der Waals surface area contributed by atoms with Gasteiger partial charge in [-0.15, -0.1) is 0 Å². The van der Waals surface area contributed by atoms with Crippen molar-refractivity contribution < 1.29 is 35.8 Å². The van der Waals surface area contributed by atoms with E-state index in [1.807, 2.05) is 13.8 Å². The van der Waals surface area contributed by atoms with E-state index in [2.05, 4.69) is 0 Å². The molecule has 0 spiro atoms. The molecule has 2 nitrogen and oxygen atoms in total. The first-order valence-corrected chi connectivity index (χ1v) is 12.3. The molecule has 3 aliphatic heterocycles. The van der Waals surface area contributed by atoms with Crippen LogP contribution in [0.5, 0.6) is 0 Å². The van der Waals surface area contributed by atoms with Crippen LogP contribution in [0.3, 0.4) is 0 Å². The molecule has 33 heavy (non-hydrogen) atoms. The molecule has 0 amide bonds. The fourth-order valence-electron chi connectivity index (χ4n) is 5.80. The van der Waals surface area contributed by atoms with Crippen molar-refractivity contribution in [2.24, 2.45) is 10.8 Å². The smallest absolute Gasteiger partial charge is 0.371 e. The van der Waals surface area contributed by atoms with Crippen LogP contribution in [0, 0.1) is 10.8 Å². The Bertz CT molecular complexity index is 1020. The standard InChI is InChI=1S/C23H24F6O2S2/c1-9-10(2)31-8-14-12(4)33-18-16-15(21(24,25)23(28,29)22(16,26)27)17-19(5,20(14,18)6)13(7-30-9)11(3)32-17/h9-10H,7-8H2,1-6H3/t9-,10-,19-,20-/m1/s1. The van der Waals surface area contributed by atoms with E-state index in [1.54, 1.807) is 27.7 Å². The fourth-order valence-corrected chi connectivity index (χ4v) is 8.91. The second kappa shape index (κ2) is 6.68. The average Bonchev–Trinajstić information content (AvgIpc) is 3.16. The van der Waals surface area contributed by atoms with Crippen LogP contribution >= 0.6 is 23.5 Å². The van der Waals surface area contributed by atoms with E-state index in [4.69, 9.17) is 9.47 Å². The van der Waals surface area contributed by atoms with Crippen molar-refractivity contribution >= 4 is 23.5 Å². The summed E-state index contributed by atoms with van der Waals surface area (Å²) in [7, 11) is 0. The van der Waals surface area contributed by atoms with E-state index in [0.717, 1.165) is 23.5 Å². The monoisotopic (exact) mass is 510 g/mol. The molecule has 5 rings (SSSR count). The number of halogens is 6. The van der Waals surface area contributed by atoms with Crippen molar-refractivity contribution in [2.75, 3.05) is 13.2 Å². The van der Waals surface area contributed by atoms with Gasteiger partial charge in [-0.1, -0.05) is 23.5 Å². The van der Waals surface area contributed by atoms with Crippen molar-refractivity contribution in [3.8, 4) is 0 Å². The molecule has 1 saturated carbocycles. The van der Waals surface area contributed by atoms with Gasteiger partial charge in [-0.2, -0.15) is 26.3 Å². The molecule has 0 bridgehead atoms. The van der Waals surface area contributed by atoms with Crippen LogP contribution in [-0.4, -0.2) is 43.2 Å². The van der Waals surface area contributed by atoms with E-state index in [1.165, 1.54) is 0 Å². The third-order valence-corrected chi connectivity index (χ3v) is 11.0. The second-order valence-corrected chi connectivity index (χ2v) is 12.1. The number of rotatable bonds is 0. The summed E-state index contributed by atoms with van der Waals surface area (Å²) in [6, 6.07) is 0. The Balaban J connectivity index is 1.89. The highest BCUT2D eigenvalue weighted by atomic mass is 32.2. The molecule has 0 aromatic carbocycles. The first kappa shape index (κ1) is 23.9. The highest BCUT2D eigenvalue weighted by Crippen LogP contribution is 2.79. The number of hydrogen-bond donors (Lipinski definition) is 0. The van der Waals surface area contributed by atoms with Crippen LogP contribution in [0.25, 0.3) is 0 Å². The maximum atomic E-state index is 15.2. The Morgan fingerprint density at radius 2 is 1.03 bits per heavy atom. The molecule has 3 heterocycles. The van der Waals surface area contributed by atoms with Crippen LogP contribution < -0.4 is 0 Å². The van der Waals surface area contributed by atoms with Crippen LogP contribution in [0.4, 0.5) is 26.3 Å². The Morgan fingerprint density at radius 3 is 1.36 bits per heavy atom. The summed E-state index contributed by atoms with van der Waals surface area (Å²) in [5.74, 6) is -15.5. The largest absolute Gasteiger partial charge is 0.380 e. The predicted molar refractivity (Wildman–Crippen MR) is 117 cm³/mol. The van der Waals surface area contributed by atoms with E-state index in [9.17, 15) is 8.78 Å². The van der Waals surface area contributed by atoms with Crippen molar-refractivity contribution in [3.63, 3.8) is 0 Å². The molecule has 182 valence electrons. The zero-order valence-corrected chi connectivity index (χ0v) is 20.6. The molecule has 2 fully saturated rings. The van der Waals surface area contributed by atoms with Crippen LogP contribution in [0.2, 0.25) is 0 Å². The minimum Gasteiger partial charge on any atom is -0.371 e. The normalized spacial score (nSPS) is 41.1. The molecule has 10 heteroatoms. The molecule has 0 aromatic rings. The molecule has 0 aromatic heterocycles. The first-order chi connectivity index (χ1) is 15.1. The van der Waals surface area contributed by atoms with Crippen molar-refractivity contribution in [3.05, 3.63) is 41.9 Å². The SMILES string of the molecule is CC1=C2CO[C@H](C)[C@@H](C)OCC3=C(C)SC4=C5C(=C(S1)[C@]2(C)[C@]34C)C(F)(F)C(F)(F)C5(F)F. The van der Waals surface area contributed by atoms with Crippen LogP contribution in [0.1, 0.15) is 41.5 Å². The number of ether oxygens (including phenoxy) is 2. The molecule has 0 unspecified atom stereocenters. The summed E-state index contributed by atoms with van der Waals surface area (Å²) in [5, 5.41) is 0. The van der Waals surface area contributed by atoms with Gasteiger partial charge in [0.25, 0.3) is 0 Å². The number of fused-ring (bicyclic) bond motifs is 1. The zero-order chi connectivity index (χ0) is 24.5. The minimum atomic E-state index is -5.53. The second-order valence-electron chi connectivity index (χ2n) is 9.69. The minimum absolute atomic E-state index is 0.0640. The van der Waals surface area contributed by atoms with Gasteiger partial charge < -0.3 is 9.47 Å². The zero-order valence-electron chi connectivity index (χ0n) is 19.0. The van der Waals surface area contributed by atoms with Crippen LogP contribution in [-0.2, 0) is 9.47 Å². The summed E-state index contributed by atoms with van der Waals surface area (Å²) in [5.41, 5.74) is -3.60. The number of allylic oxidation sites excluding steroid dienone is 6. The molecule has 2 aliphatic carbocycles. The van der Waals surface area contributed by atoms with Gasteiger partial charge in [0.1, 0.15) is 0 Å². The number of hydrogen-bond acceptors (Lipinski definition) is 4. The van der Waals surface area contributed by atoms with Gasteiger partial charge in [-0.05, 0) is 62.5 Å². The topological polar surface area (TPSA) is 18.5 Å². The third kappa shape index (κ3) is 2.44. The number of thioether (sulfide) groups is 2. The van der Waals surface area contributed by atoms with E-state index < -0.39 is 39.7 Å². The Kier molecular flexibility index (Phi) is 4.83. The molecular formula is C23H24F6O2S2. The maximum absolute atomic E-state index is 15.2. The highest BCUT2D eigenvalue weighted by molar-refractivity contribution is 8.07. The maximum Gasteiger partial charge on any atom is 0.380 e. The Hall–Kier alpha value is -0.840. The van der Waals surface area contributed by atoms with Crippen molar-refractivity contribution in [1.29, 1.82) is 0 Å². The lowest BCUT2D eigenvalue weighted by atomic mass is 9.54. The van der Waals surface area contributed by atoms with E-state index >= 15 is 17.6 Å². The van der Waals surface area contributed by atoms with E-state index in [-0.39, 0.29) is 35.2 Å². The third-order valence-electron chi connectivity index (χ3n) is 8.24. The highest BCUT2D eigenvalue weighted by Gasteiger charge is 2.85. The van der Waals surface area contributed by atoms with Gasteiger partial charge in [-0.3, -0.25) is 0 Å². The quantitative estimate of drug-likeness (QED) is 0.318. The summed E-state index contributed by atoms with van der Waals surface area (Å²) in [6.45, 7) is 10.6. The van der Waals surface area contributed by atoms with Crippen LogP contribution in [0.15, 0.2) is 41.9 Å². The van der Waals surface area contributed by atoms with E-state index in [0.29, 0.717) is 21.0 Å². The lowest BCUT2D eigenvalue weighted by Crippen LogP contribution is -2.47. The van der Waals surface area contributed by atoms with Gasteiger partial charge in [0, 0.05) is 31.8 Å². The molecule has 4 atom stereocenters.